The van der Waals surface area contributed by atoms with E-state index >= 15 is 0 Å². The molecule has 0 radical (unpaired) electrons. The van der Waals surface area contributed by atoms with Crippen LogP contribution in [0.5, 0.6) is 0 Å². The molecule has 0 aliphatic heterocycles. The average molecular weight is 203 g/mol. The highest BCUT2D eigenvalue weighted by Crippen LogP contribution is 2.05. The molecule has 0 spiro atoms. The van der Waals surface area contributed by atoms with E-state index in [9.17, 15) is 4.79 Å². The number of rotatable bonds is 1. The zero-order valence-electron chi connectivity index (χ0n) is 8.82. The number of nitrogens with zero attached hydrogens (tertiary/aromatic N) is 1. The summed E-state index contributed by atoms with van der Waals surface area (Å²) in [4.78, 5) is 13.0. The van der Waals surface area contributed by atoms with Crippen LogP contribution in [0.4, 0.5) is 0 Å². The SMILES string of the molecule is CN(C)C(=O)c1ccc(C#CCO)cc1. The highest BCUT2D eigenvalue weighted by Gasteiger charge is 2.06. The lowest BCUT2D eigenvalue weighted by Gasteiger charge is -2.09. The maximum atomic E-state index is 11.5. The lowest BCUT2D eigenvalue weighted by Crippen LogP contribution is -2.21. The van der Waals surface area contributed by atoms with E-state index in [1.165, 1.54) is 4.90 Å². The molecular formula is C12H13NO2. The smallest absolute Gasteiger partial charge is 0.253 e. The number of carbonyl (C=O) groups is 1. The van der Waals surface area contributed by atoms with Crippen molar-refractivity contribution in [1.29, 1.82) is 0 Å². The van der Waals surface area contributed by atoms with Crippen molar-refractivity contribution in [3.05, 3.63) is 35.4 Å². The fourth-order valence-corrected chi connectivity index (χ4v) is 1.10. The van der Waals surface area contributed by atoms with E-state index in [4.69, 9.17) is 5.11 Å². The van der Waals surface area contributed by atoms with Crippen LogP contribution in [0.15, 0.2) is 24.3 Å². The Kier molecular flexibility index (Phi) is 3.90. The van der Waals surface area contributed by atoms with Gasteiger partial charge in [-0.1, -0.05) is 11.8 Å². The Bertz CT molecular complexity index is 396. The number of carbonyl (C=O) groups excluding carboxylic acids is 1. The van der Waals surface area contributed by atoms with Gasteiger partial charge in [0.25, 0.3) is 5.91 Å². The number of hydrogen-bond donors (Lipinski definition) is 1. The summed E-state index contributed by atoms with van der Waals surface area (Å²) in [5.41, 5.74) is 1.42. The summed E-state index contributed by atoms with van der Waals surface area (Å²) in [5.74, 6) is 5.28. The van der Waals surface area contributed by atoms with Gasteiger partial charge >= 0.3 is 0 Å². The second-order valence-electron chi connectivity index (χ2n) is 3.24. The van der Waals surface area contributed by atoms with E-state index in [2.05, 4.69) is 11.8 Å². The molecule has 0 aliphatic carbocycles. The second kappa shape index (κ2) is 5.18. The fraction of sp³-hybridized carbons (Fsp3) is 0.250. The first-order valence-corrected chi connectivity index (χ1v) is 4.56. The first kappa shape index (κ1) is 11.3. The number of amides is 1. The van der Waals surface area contributed by atoms with Crippen molar-refractivity contribution >= 4 is 5.91 Å². The van der Waals surface area contributed by atoms with E-state index in [-0.39, 0.29) is 12.5 Å². The minimum Gasteiger partial charge on any atom is -0.384 e. The predicted octanol–water partition coefficient (Wildman–Crippen LogP) is 0.732. The van der Waals surface area contributed by atoms with Crippen LogP contribution < -0.4 is 0 Å². The summed E-state index contributed by atoms with van der Waals surface area (Å²) in [6, 6.07) is 6.98. The molecule has 1 aromatic carbocycles. The third-order valence-electron chi connectivity index (χ3n) is 1.85. The van der Waals surface area contributed by atoms with E-state index in [0.717, 1.165) is 5.56 Å². The van der Waals surface area contributed by atoms with Crippen molar-refractivity contribution in [1.82, 2.24) is 4.90 Å². The summed E-state index contributed by atoms with van der Waals surface area (Å²) in [6.45, 7) is -0.154. The minimum atomic E-state index is -0.154. The highest BCUT2D eigenvalue weighted by atomic mass is 16.2. The molecule has 0 saturated carbocycles. The molecule has 0 fully saturated rings. The van der Waals surface area contributed by atoms with Crippen molar-refractivity contribution in [2.24, 2.45) is 0 Å². The van der Waals surface area contributed by atoms with Crippen molar-refractivity contribution in [2.75, 3.05) is 20.7 Å². The lowest BCUT2D eigenvalue weighted by atomic mass is 10.1. The third-order valence-corrected chi connectivity index (χ3v) is 1.85. The number of aliphatic hydroxyl groups is 1. The van der Waals surface area contributed by atoms with Crippen LogP contribution in [0.2, 0.25) is 0 Å². The van der Waals surface area contributed by atoms with Crippen LogP contribution in [0, 0.1) is 11.8 Å². The molecule has 0 unspecified atom stereocenters. The summed E-state index contributed by atoms with van der Waals surface area (Å²) < 4.78 is 0. The second-order valence-corrected chi connectivity index (χ2v) is 3.24. The normalized spacial score (nSPS) is 9.00. The molecule has 0 atom stereocenters. The lowest BCUT2D eigenvalue weighted by molar-refractivity contribution is 0.0827. The van der Waals surface area contributed by atoms with E-state index in [1.54, 1.807) is 38.4 Å². The monoisotopic (exact) mass is 203 g/mol. The molecule has 1 N–H and O–H groups in total. The predicted molar refractivity (Wildman–Crippen MR) is 58.4 cm³/mol. The number of hydrogen-bond acceptors (Lipinski definition) is 2. The number of aliphatic hydroxyl groups excluding tert-OH is 1. The molecule has 15 heavy (non-hydrogen) atoms. The Morgan fingerprint density at radius 3 is 2.40 bits per heavy atom. The maximum Gasteiger partial charge on any atom is 0.253 e. The molecule has 0 heterocycles. The van der Waals surface area contributed by atoms with Gasteiger partial charge in [-0.3, -0.25) is 4.79 Å². The van der Waals surface area contributed by atoms with Gasteiger partial charge in [0.05, 0.1) is 0 Å². The quantitative estimate of drug-likeness (QED) is 0.684. The van der Waals surface area contributed by atoms with Crippen molar-refractivity contribution in [2.45, 2.75) is 0 Å². The van der Waals surface area contributed by atoms with Crippen molar-refractivity contribution < 1.29 is 9.90 Å². The average Bonchev–Trinajstić information content (AvgIpc) is 2.26. The molecule has 0 aromatic heterocycles. The van der Waals surface area contributed by atoms with Crippen molar-refractivity contribution in [3.8, 4) is 11.8 Å². The zero-order chi connectivity index (χ0) is 11.3. The van der Waals surface area contributed by atoms with Gasteiger partial charge in [-0.2, -0.15) is 0 Å². The van der Waals surface area contributed by atoms with Crippen LogP contribution in [0.25, 0.3) is 0 Å². The van der Waals surface area contributed by atoms with Crippen LogP contribution in [0.3, 0.4) is 0 Å². The summed E-state index contributed by atoms with van der Waals surface area (Å²) in [6.07, 6.45) is 0. The largest absolute Gasteiger partial charge is 0.384 e. The molecule has 0 bridgehead atoms. The Morgan fingerprint density at radius 2 is 1.93 bits per heavy atom. The molecule has 3 heteroatoms. The highest BCUT2D eigenvalue weighted by molar-refractivity contribution is 5.93. The molecule has 3 nitrogen and oxygen atoms in total. The number of benzene rings is 1. The summed E-state index contributed by atoms with van der Waals surface area (Å²) in [5, 5.41) is 8.51. The topological polar surface area (TPSA) is 40.5 Å². The first-order chi connectivity index (χ1) is 7.15. The molecule has 1 aromatic rings. The fourth-order valence-electron chi connectivity index (χ4n) is 1.10. The first-order valence-electron chi connectivity index (χ1n) is 4.56. The molecule has 0 aliphatic rings. The molecular weight excluding hydrogens is 190 g/mol. The van der Waals surface area contributed by atoms with Gasteiger partial charge in [-0.15, -0.1) is 0 Å². The molecule has 1 rings (SSSR count). The van der Waals surface area contributed by atoms with Gasteiger partial charge in [0.15, 0.2) is 0 Å². The maximum absolute atomic E-state index is 11.5. The minimum absolute atomic E-state index is 0.0309. The van der Waals surface area contributed by atoms with Gasteiger partial charge in [-0.25, -0.2) is 0 Å². The van der Waals surface area contributed by atoms with E-state index in [1.807, 2.05) is 0 Å². The Morgan fingerprint density at radius 1 is 1.33 bits per heavy atom. The van der Waals surface area contributed by atoms with E-state index in [0.29, 0.717) is 5.56 Å². The van der Waals surface area contributed by atoms with Crippen LogP contribution in [0.1, 0.15) is 15.9 Å². The van der Waals surface area contributed by atoms with Gasteiger partial charge in [0.2, 0.25) is 0 Å². The summed E-state index contributed by atoms with van der Waals surface area (Å²) >= 11 is 0. The van der Waals surface area contributed by atoms with E-state index < -0.39 is 0 Å². The van der Waals surface area contributed by atoms with Gasteiger partial charge < -0.3 is 10.0 Å². The standard InChI is InChI=1S/C12H13NO2/c1-13(2)12(15)11-7-5-10(6-8-11)4-3-9-14/h5-8,14H,9H2,1-2H3. The zero-order valence-corrected chi connectivity index (χ0v) is 8.82. The molecule has 1 amide bonds. The Hall–Kier alpha value is -1.79. The summed E-state index contributed by atoms with van der Waals surface area (Å²) in [7, 11) is 3.42. The van der Waals surface area contributed by atoms with Crippen LogP contribution in [-0.4, -0.2) is 36.6 Å². The Labute approximate surface area is 89.3 Å². The van der Waals surface area contributed by atoms with Gasteiger partial charge in [0, 0.05) is 25.2 Å². The van der Waals surface area contributed by atoms with Gasteiger partial charge in [0.1, 0.15) is 6.61 Å². The molecule has 78 valence electrons. The third kappa shape index (κ3) is 3.12. The van der Waals surface area contributed by atoms with Crippen molar-refractivity contribution in [3.63, 3.8) is 0 Å². The molecule has 0 saturated heterocycles. The van der Waals surface area contributed by atoms with Crippen LogP contribution >= 0.6 is 0 Å². The Balaban J connectivity index is 2.85. The van der Waals surface area contributed by atoms with Gasteiger partial charge in [-0.05, 0) is 24.3 Å². The van der Waals surface area contributed by atoms with Crippen LogP contribution in [-0.2, 0) is 0 Å².